The zero-order valence-electron chi connectivity index (χ0n) is 19.7. The zero-order chi connectivity index (χ0) is 26.4. The summed E-state index contributed by atoms with van der Waals surface area (Å²) < 4.78 is 30.3. The summed E-state index contributed by atoms with van der Waals surface area (Å²) in [4.78, 5) is 26.7. The van der Waals surface area contributed by atoms with Crippen LogP contribution in [-0.4, -0.2) is 35.8 Å². The Labute approximate surface area is 227 Å². The molecule has 1 aliphatic heterocycles. The summed E-state index contributed by atoms with van der Waals surface area (Å²) in [5.41, 5.74) is 1.33. The first-order chi connectivity index (χ1) is 17.9. The molecule has 0 radical (unpaired) electrons. The first kappa shape index (κ1) is 26.9. The lowest BCUT2D eigenvalue weighted by Gasteiger charge is -2.15. The summed E-state index contributed by atoms with van der Waals surface area (Å²) in [5.74, 6) is 0.430. The van der Waals surface area contributed by atoms with E-state index in [2.05, 4.69) is 0 Å². The Morgan fingerprint density at radius 1 is 0.946 bits per heavy atom. The van der Waals surface area contributed by atoms with E-state index in [9.17, 15) is 14.0 Å². The van der Waals surface area contributed by atoms with Gasteiger partial charge in [-0.2, -0.15) is 0 Å². The average Bonchev–Trinajstić information content (AvgIpc) is 3.13. The Kier molecular flexibility index (Phi) is 8.97. The van der Waals surface area contributed by atoms with Crippen molar-refractivity contribution in [1.29, 1.82) is 0 Å². The number of para-hydroxylation sites is 1. The molecule has 0 atom stereocenters. The molecule has 37 heavy (non-hydrogen) atoms. The number of benzene rings is 3. The van der Waals surface area contributed by atoms with Crippen molar-refractivity contribution in [2.45, 2.75) is 13.5 Å². The smallest absolute Gasteiger partial charge is 0.293 e. The van der Waals surface area contributed by atoms with Crippen LogP contribution in [0.2, 0.25) is 10.0 Å². The number of amides is 2. The van der Waals surface area contributed by atoms with E-state index in [1.54, 1.807) is 54.6 Å². The molecule has 0 N–H and O–H groups in total. The minimum absolute atomic E-state index is 0.0777. The number of imide groups is 1. The summed E-state index contributed by atoms with van der Waals surface area (Å²) in [7, 11) is 0. The van der Waals surface area contributed by atoms with Crippen LogP contribution < -0.4 is 14.2 Å². The number of hydrogen-bond acceptors (Lipinski definition) is 6. The van der Waals surface area contributed by atoms with E-state index in [4.69, 9.17) is 37.4 Å². The summed E-state index contributed by atoms with van der Waals surface area (Å²) in [6, 6.07) is 16.2. The molecule has 3 aromatic carbocycles. The molecule has 0 bridgehead atoms. The molecule has 4 rings (SSSR count). The maximum Gasteiger partial charge on any atom is 0.293 e. The van der Waals surface area contributed by atoms with Gasteiger partial charge in [-0.3, -0.25) is 14.5 Å². The van der Waals surface area contributed by atoms with Gasteiger partial charge in [0.05, 0.1) is 28.1 Å². The molecule has 0 aromatic heterocycles. The Morgan fingerprint density at radius 2 is 1.70 bits per heavy atom. The first-order valence-corrected chi connectivity index (χ1v) is 12.9. The standard InChI is InChI=1S/C27H22Cl2FNO5S/c1-2-34-23-14-18(13-21(29)25(23)36-16-17-7-9-19(30)10-8-17)15-24-26(32)31(27(33)37-24)11-12-35-22-6-4-3-5-20(22)28/h3-10,13-15H,2,11-12,16H2,1H3/b24-15-. The second-order valence-corrected chi connectivity index (χ2v) is 9.60. The van der Waals surface area contributed by atoms with Gasteiger partial charge >= 0.3 is 0 Å². The second-order valence-electron chi connectivity index (χ2n) is 7.79. The maximum atomic E-state index is 13.2. The summed E-state index contributed by atoms with van der Waals surface area (Å²) >= 11 is 13.4. The molecule has 192 valence electrons. The van der Waals surface area contributed by atoms with Gasteiger partial charge in [0, 0.05) is 0 Å². The highest BCUT2D eigenvalue weighted by Gasteiger charge is 2.35. The van der Waals surface area contributed by atoms with Crippen molar-refractivity contribution >= 4 is 52.2 Å². The number of nitrogens with zero attached hydrogens (tertiary/aromatic N) is 1. The van der Waals surface area contributed by atoms with Gasteiger partial charge in [0.2, 0.25) is 0 Å². The summed E-state index contributed by atoms with van der Waals surface area (Å²) in [6.45, 7) is 2.52. The minimum Gasteiger partial charge on any atom is -0.490 e. The summed E-state index contributed by atoms with van der Waals surface area (Å²) in [6.07, 6.45) is 1.58. The second kappa shape index (κ2) is 12.4. The highest BCUT2D eigenvalue weighted by atomic mass is 35.5. The lowest BCUT2D eigenvalue weighted by atomic mass is 10.1. The lowest BCUT2D eigenvalue weighted by Crippen LogP contribution is -2.32. The van der Waals surface area contributed by atoms with Crippen molar-refractivity contribution in [3.05, 3.63) is 92.6 Å². The average molecular weight is 562 g/mol. The van der Waals surface area contributed by atoms with Gasteiger partial charge in [0.25, 0.3) is 11.1 Å². The van der Waals surface area contributed by atoms with E-state index in [-0.39, 0.29) is 35.5 Å². The van der Waals surface area contributed by atoms with E-state index >= 15 is 0 Å². The molecular weight excluding hydrogens is 540 g/mol. The normalized spacial score (nSPS) is 14.4. The Hall–Kier alpha value is -3.20. The third-order valence-corrected chi connectivity index (χ3v) is 6.71. The number of carbonyl (C=O) groups excluding carboxylic acids is 2. The van der Waals surface area contributed by atoms with Crippen LogP contribution in [0.1, 0.15) is 18.1 Å². The third kappa shape index (κ3) is 6.77. The van der Waals surface area contributed by atoms with E-state index in [1.807, 2.05) is 6.92 Å². The fourth-order valence-corrected chi connectivity index (χ4v) is 4.79. The number of carbonyl (C=O) groups is 2. The molecule has 1 saturated heterocycles. The van der Waals surface area contributed by atoms with E-state index in [0.717, 1.165) is 22.2 Å². The minimum atomic E-state index is -0.427. The van der Waals surface area contributed by atoms with Gasteiger partial charge in [0.15, 0.2) is 11.5 Å². The predicted molar refractivity (Wildman–Crippen MR) is 143 cm³/mol. The zero-order valence-corrected chi connectivity index (χ0v) is 22.0. The monoisotopic (exact) mass is 561 g/mol. The highest BCUT2D eigenvalue weighted by Crippen LogP contribution is 2.39. The largest absolute Gasteiger partial charge is 0.490 e. The van der Waals surface area contributed by atoms with E-state index < -0.39 is 11.1 Å². The quantitative estimate of drug-likeness (QED) is 0.243. The van der Waals surface area contributed by atoms with Crippen molar-refractivity contribution in [2.24, 2.45) is 0 Å². The van der Waals surface area contributed by atoms with Crippen LogP contribution in [-0.2, 0) is 11.4 Å². The SMILES string of the molecule is CCOc1cc(/C=C2\SC(=O)N(CCOc3ccccc3Cl)C2=O)cc(Cl)c1OCc1ccc(F)cc1. The van der Waals surface area contributed by atoms with Crippen LogP contribution >= 0.6 is 35.0 Å². The lowest BCUT2D eigenvalue weighted by molar-refractivity contribution is -0.123. The van der Waals surface area contributed by atoms with Gasteiger partial charge in [0.1, 0.15) is 24.8 Å². The molecule has 6 nitrogen and oxygen atoms in total. The van der Waals surface area contributed by atoms with Gasteiger partial charge in [-0.1, -0.05) is 47.5 Å². The number of hydrogen-bond donors (Lipinski definition) is 0. The Bertz CT molecular complexity index is 1330. The number of rotatable bonds is 10. The van der Waals surface area contributed by atoms with E-state index in [1.165, 1.54) is 12.1 Å². The van der Waals surface area contributed by atoms with Crippen molar-refractivity contribution in [3.63, 3.8) is 0 Å². The van der Waals surface area contributed by atoms with Gasteiger partial charge in [-0.15, -0.1) is 0 Å². The number of thioether (sulfide) groups is 1. The van der Waals surface area contributed by atoms with Crippen LogP contribution in [0.25, 0.3) is 6.08 Å². The maximum absolute atomic E-state index is 13.2. The number of halogens is 3. The molecule has 1 heterocycles. The molecule has 0 unspecified atom stereocenters. The molecular formula is C27H22Cl2FNO5S. The molecule has 2 amide bonds. The van der Waals surface area contributed by atoms with Crippen molar-refractivity contribution in [1.82, 2.24) is 4.90 Å². The molecule has 1 fully saturated rings. The molecule has 0 aliphatic carbocycles. The van der Waals surface area contributed by atoms with Crippen LogP contribution in [0.3, 0.4) is 0 Å². The van der Waals surface area contributed by atoms with Gasteiger partial charge in [-0.25, -0.2) is 4.39 Å². The molecule has 0 spiro atoms. The fourth-order valence-electron chi connectivity index (χ4n) is 3.46. The molecule has 10 heteroatoms. The van der Waals surface area contributed by atoms with Crippen LogP contribution in [0, 0.1) is 5.82 Å². The van der Waals surface area contributed by atoms with Gasteiger partial charge in [-0.05, 0) is 72.3 Å². The predicted octanol–water partition coefficient (Wildman–Crippen LogP) is 7.23. The summed E-state index contributed by atoms with van der Waals surface area (Å²) in [5, 5.41) is 0.324. The van der Waals surface area contributed by atoms with E-state index in [0.29, 0.717) is 34.4 Å². The van der Waals surface area contributed by atoms with Crippen LogP contribution in [0.4, 0.5) is 9.18 Å². The Balaban J connectivity index is 1.46. The van der Waals surface area contributed by atoms with Crippen LogP contribution in [0.5, 0.6) is 17.2 Å². The highest BCUT2D eigenvalue weighted by molar-refractivity contribution is 8.18. The molecule has 3 aromatic rings. The Morgan fingerprint density at radius 3 is 2.43 bits per heavy atom. The molecule has 0 saturated carbocycles. The first-order valence-electron chi connectivity index (χ1n) is 11.3. The van der Waals surface area contributed by atoms with Crippen molar-refractivity contribution in [2.75, 3.05) is 19.8 Å². The third-order valence-electron chi connectivity index (χ3n) is 5.21. The topological polar surface area (TPSA) is 65.1 Å². The molecule has 1 aliphatic rings. The van der Waals surface area contributed by atoms with Crippen molar-refractivity contribution in [3.8, 4) is 17.2 Å². The van der Waals surface area contributed by atoms with Crippen molar-refractivity contribution < 1.29 is 28.2 Å². The fraction of sp³-hybridized carbons (Fsp3) is 0.185. The van der Waals surface area contributed by atoms with Gasteiger partial charge < -0.3 is 14.2 Å². The number of ether oxygens (including phenoxy) is 3. The van der Waals surface area contributed by atoms with Crippen LogP contribution in [0.15, 0.2) is 65.6 Å².